The molecule has 2 aliphatic rings. The molecule has 1 aromatic carbocycles. The number of nitrogens with zero attached hydrogens (tertiary/aromatic N) is 4. The number of hydrogen-bond donors (Lipinski definition) is 1. The van der Waals surface area contributed by atoms with Crippen LogP contribution in [0.3, 0.4) is 0 Å². The molecule has 2 saturated heterocycles. The Morgan fingerprint density at radius 2 is 2.05 bits per heavy atom. The van der Waals surface area contributed by atoms with Gasteiger partial charge in [-0.1, -0.05) is 18.2 Å². The fraction of sp³-hybridized carbons (Fsp3) is 0.407. The first-order chi connectivity index (χ1) is 19.2. The molecule has 2 atom stereocenters. The zero-order chi connectivity index (χ0) is 28.4. The van der Waals surface area contributed by atoms with Crippen LogP contribution < -0.4 is 10.1 Å². The maximum Gasteiger partial charge on any atom is 0.433 e. The van der Waals surface area contributed by atoms with Crippen LogP contribution in [0.25, 0.3) is 11.0 Å². The molecule has 2 amide bonds. The van der Waals surface area contributed by atoms with Gasteiger partial charge in [0, 0.05) is 31.3 Å². The normalized spacial score (nSPS) is 19.9. The summed E-state index contributed by atoms with van der Waals surface area (Å²) in [5.74, 6) is -0.519. The topological polar surface area (TPSA) is 98.6 Å². The SMILES string of the molecule is C=CC(=O)N1CCCC[C@@H](n2c(NC(=O)c3ccnc(C(F)(F)F)c3)nc3ccc(O[C@@H]4CCOC4)c(Cl)c32)C1. The maximum atomic E-state index is 13.2. The zero-order valence-corrected chi connectivity index (χ0v) is 22.2. The summed E-state index contributed by atoms with van der Waals surface area (Å²) >= 11 is 6.88. The molecule has 0 unspecified atom stereocenters. The zero-order valence-electron chi connectivity index (χ0n) is 21.4. The van der Waals surface area contributed by atoms with Gasteiger partial charge in [0.15, 0.2) is 0 Å². The van der Waals surface area contributed by atoms with Crippen molar-refractivity contribution in [1.29, 1.82) is 0 Å². The minimum absolute atomic E-state index is 0.0894. The van der Waals surface area contributed by atoms with Crippen LogP contribution in [0.15, 0.2) is 43.1 Å². The van der Waals surface area contributed by atoms with Gasteiger partial charge in [0.05, 0.1) is 30.3 Å². The maximum absolute atomic E-state index is 13.2. The number of amides is 2. The summed E-state index contributed by atoms with van der Waals surface area (Å²) in [5, 5.41) is 2.94. The van der Waals surface area contributed by atoms with Crippen LogP contribution in [0.4, 0.5) is 19.1 Å². The number of fused-ring (bicyclic) bond motifs is 1. The molecule has 1 N–H and O–H groups in total. The highest BCUT2D eigenvalue weighted by molar-refractivity contribution is 6.36. The number of carbonyl (C=O) groups is 2. The third-order valence-corrected chi connectivity index (χ3v) is 7.34. The molecule has 0 bridgehead atoms. The molecular formula is C27H27ClF3N5O4. The quantitative estimate of drug-likeness (QED) is 0.401. The summed E-state index contributed by atoms with van der Waals surface area (Å²) in [4.78, 5) is 35.3. The molecule has 5 rings (SSSR count). The van der Waals surface area contributed by atoms with Gasteiger partial charge in [0.1, 0.15) is 22.6 Å². The Labute approximate surface area is 232 Å². The van der Waals surface area contributed by atoms with E-state index in [0.29, 0.717) is 62.0 Å². The van der Waals surface area contributed by atoms with Gasteiger partial charge in [-0.05, 0) is 49.6 Å². The van der Waals surface area contributed by atoms with E-state index in [2.05, 4.69) is 21.9 Å². The molecule has 0 aliphatic carbocycles. The summed E-state index contributed by atoms with van der Waals surface area (Å²) in [6.45, 7) is 5.44. The standard InChI is InChI=1S/C27H27ClF3N5O4/c1-2-22(37)35-11-4-3-5-17(14-35)36-24-19(6-7-20(23(24)28)40-18-9-12-39-15-18)33-26(36)34-25(38)16-8-10-32-21(13-16)27(29,30)31/h2,6-8,10,13,17-18H,1,3-5,9,11-12,14-15H2,(H,33,34,38)/t17-,18-/m1/s1. The van der Waals surface area contributed by atoms with E-state index in [4.69, 9.17) is 21.1 Å². The second-order valence-electron chi connectivity index (χ2n) is 9.67. The lowest BCUT2D eigenvalue weighted by atomic mass is 10.1. The molecule has 0 spiro atoms. The number of likely N-dealkylation sites (tertiary alicyclic amines) is 1. The fourth-order valence-corrected chi connectivity index (χ4v) is 5.30. The number of ether oxygens (including phenoxy) is 2. The highest BCUT2D eigenvalue weighted by atomic mass is 35.5. The Morgan fingerprint density at radius 1 is 1.23 bits per heavy atom. The number of halogens is 4. The highest BCUT2D eigenvalue weighted by Gasteiger charge is 2.33. The first kappa shape index (κ1) is 27.9. The first-order valence-corrected chi connectivity index (χ1v) is 13.2. The Balaban J connectivity index is 1.57. The number of alkyl halides is 3. The molecule has 3 aromatic rings. The Kier molecular flexibility index (Phi) is 7.99. The summed E-state index contributed by atoms with van der Waals surface area (Å²) in [6.07, 6.45) is 0.205. The molecule has 212 valence electrons. The van der Waals surface area contributed by atoms with Crippen molar-refractivity contribution in [2.45, 2.75) is 44.0 Å². The van der Waals surface area contributed by atoms with Crippen molar-refractivity contribution in [3.63, 3.8) is 0 Å². The molecule has 0 radical (unpaired) electrons. The predicted molar refractivity (Wildman–Crippen MR) is 141 cm³/mol. The van der Waals surface area contributed by atoms with E-state index in [0.717, 1.165) is 19.0 Å². The lowest BCUT2D eigenvalue weighted by Crippen LogP contribution is -2.34. The summed E-state index contributed by atoms with van der Waals surface area (Å²) < 4.78 is 52.9. The Morgan fingerprint density at radius 3 is 2.77 bits per heavy atom. The lowest BCUT2D eigenvalue weighted by Gasteiger charge is -2.26. The van der Waals surface area contributed by atoms with E-state index in [1.54, 1.807) is 21.6 Å². The van der Waals surface area contributed by atoms with Crippen molar-refractivity contribution >= 4 is 40.4 Å². The molecule has 2 fully saturated rings. The van der Waals surface area contributed by atoms with Crippen molar-refractivity contribution in [1.82, 2.24) is 19.4 Å². The van der Waals surface area contributed by atoms with Crippen molar-refractivity contribution in [2.24, 2.45) is 0 Å². The van der Waals surface area contributed by atoms with Crippen LogP contribution in [0.2, 0.25) is 5.02 Å². The third kappa shape index (κ3) is 5.78. The molecule has 2 aliphatic heterocycles. The van der Waals surface area contributed by atoms with Crippen molar-refractivity contribution in [2.75, 3.05) is 31.6 Å². The summed E-state index contributed by atoms with van der Waals surface area (Å²) in [5.41, 5.74) is -0.484. The average molecular weight is 578 g/mol. The number of hydrogen-bond acceptors (Lipinski definition) is 6. The van der Waals surface area contributed by atoms with Crippen LogP contribution in [0.1, 0.15) is 47.8 Å². The summed E-state index contributed by atoms with van der Waals surface area (Å²) in [6, 6.07) is 4.91. The lowest BCUT2D eigenvalue weighted by molar-refractivity contribution is -0.141. The van der Waals surface area contributed by atoms with Gasteiger partial charge in [-0.2, -0.15) is 13.2 Å². The number of benzene rings is 1. The van der Waals surface area contributed by atoms with E-state index in [-0.39, 0.29) is 34.6 Å². The number of imidazole rings is 1. The van der Waals surface area contributed by atoms with E-state index in [1.807, 2.05) is 0 Å². The van der Waals surface area contributed by atoms with E-state index in [9.17, 15) is 22.8 Å². The largest absolute Gasteiger partial charge is 0.486 e. The minimum Gasteiger partial charge on any atom is -0.486 e. The number of carbonyl (C=O) groups excluding carboxylic acids is 2. The number of aromatic nitrogens is 3. The van der Waals surface area contributed by atoms with Gasteiger partial charge < -0.3 is 18.9 Å². The number of rotatable bonds is 6. The van der Waals surface area contributed by atoms with Crippen LogP contribution in [0, 0.1) is 0 Å². The van der Waals surface area contributed by atoms with Crippen molar-refractivity contribution < 1.29 is 32.2 Å². The number of nitrogens with one attached hydrogen (secondary N) is 1. The fourth-order valence-electron chi connectivity index (χ4n) is 5.01. The smallest absolute Gasteiger partial charge is 0.433 e. The van der Waals surface area contributed by atoms with Crippen LogP contribution in [-0.2, 0) is 15.7 Å². The van der Waals surface area contributed by atoms with Gasteiger partial charge in [-0.3, -0.25) is 19.9 Å². The number of anilines is 1. The monoisotopic (exact) mass is 577 g/mol. The highest BCUT2D eigenvalue weighted by Crippen LogP contribution is 2.39. The minimum atomic E-state index is -4.71. The second kappa shape index (κ2) is 11.5. The molecule has 13 heteroatoms. The van der Waals surface area contributed by atoms with Crippen molar-refractivity contribution in [3.05, 3.63) is 59.4 Å². The van der Waals surface area contributed by atoms with Gasteiger partial charge in [-0.15, -0.1) is 0 Å². The van der Waals surface area contributed by atoms with Gasteiger partial charge >= 0.3 is 6.18 Å². The Bertz CT molecular complexity index is 1440. The van der Waals surface area contributed by atoms with Gasteiger partial charge in [0.2, 0.25) is 11.9 Å². The molecule has 0 saturated carbocycles. The predicted octanol–water partition coefficient (Wildman–Crippen LogP) is 5.26. The molecule has 2 aromatic heterocycles. The molecule has 40 heavy (non-hydrogen) atoms. The van der Waals surface area contributed by atoms with Gasteiger partial charge in [-0.25, -0.2) is 4.98 Å². The van der Waals surface area contributed by atoms with E-state index >= 15 is 0 Å². The molecular weight excluding hydrogens is 551 g/mol. The third-order valence-electron chi connectivity index (χ3n) is 6.97. The summed E-state index contributed by atoms with van der Waals surface area (Å²) in [7, 11) is 0. The van der Waals surface area contributed by atoms with E-state index in [1.165, 1.54) is 12.1 Å². The van der Waals surface area contributed by atoms with Crippen LogP contribution in [-0.4, -0.2) is 63.7 Å². The average Bonchev–Trinajstić information content (AvgIpc) is 3.50. The molecule has 9 nitrogen and oxygen atoms in total. The van der Waals surface area contributed by atoms with E-state index < -0.39 is 17.8 Å². The van der Waals surface area contributed by atoms with Crippen LogP contribution >= 0.6 is 11.6 Å². The molecule has 4 heterocycles. The number of pyridine rings is 1. The van der Waals surface area contributed by atoms with Crippen LogP contribution in [0.5, 0.6) is 5.75 Å². The van der Waals surface area contributed by atoms with Crippen molar-refractivity contribution in [3.8, 4) is 5.75 Å². The van der Waals surface area contributed by atoms with Gasteiger partial charge in [0.25, 0.3) is 5.91 Å². The first-order valence-electron chi connectivity index (χ1n) is 12.9. The Hall–Kier alpha value is -3.64. The second-order valence-corrected chi connectivity index (χ2v) is 10.1.